The molecule has 0 aromatic heterocycles. The second-order valence-electron chi connectivity index (χ2n) is 5.36. The third-order valence-electron chi connectivity index (χ3n) is 3.44. The van der Waals surface area contributed by atoms with Gasteiger partial charge in [0, 0.05) is 13.0 Å². The van der Waals surface area contributed by atoms with E-state index in [0.29, 0.717) is 17.8 Å². The molecular formula is C16H20FN3O3. The lowest BCUT2D eigenvalue weighted by atomic mass is 10.0. The van der Waals surface area contributed by atoms with Crippen molar-refractivity contribution in [2.75, 3.05) is 6.54 Å². The summed E-state index contributed by atoms with van der Waals surface area (Å²) in [5.41, 5.74) is 1.28. The Bertz CT molecular complexity index is 601. The van der Waals surface area contributed by atoms with E-state index in [1.807, 2.05) is 6.92 Å². The number of oxime groups is 1. The number of amides is 2. The molecule has 0 fully saturated rings. The summed E-state index contributed by atoms with van der Waals surface area (Å²) >= 11 is 0. The van der Waals surface area contributed by atoms with Gasteiger partial charge in [-0.15, -0.1) is 0 Å². The quantitative estimate of drug-likeness (QED) is 0.830. The minimum atomic E-state index is -0.781. The molecule has 0 radical (unpaired) electrons. The summed E-state index contributed by atoms with van der Waals surface area (Å²) in [4.78, 5) is 29.0. The monoisotopic (exact) mass is 321 g/mol. The van der Waals surface area contributed by atoms with Gasteiger partial charge in [0.05, 0.1) is 5.71 Å². The molecule has 2 atom stereocenters. The Kier molecular flexibility index (Phi) is 5.67. The van der Waals surface area contributed by atoms with Crippen molar-refractivity contribution in [1.29, 1.82) is 0 Å². The number of carbonyl (C=O) groups excluding carboxylic acids is 2. The number of rotatable bonds is 6. The third-order valence-corrected chi connectivity index (χ3v) is 3.44. The first-order chi connectivity index (χ1) is 11.0. The molecule has 6 nitrogen and oxygen atoms in total. The SMILES string of the molecule is CCCNC(=O)C(C)NC(=O)C1CC(c2ccc(F)cc2)=NO1. The van der Waals surface area contributed by atoms with E-state index in [4.69, 9.17) is 4.84 Å². The molecule has 7 heteroatoms. The molecule has 0 saturated carbocycles. The van der Waals surface area contributed by atoms with E-state index >= 15 is 0 Å². The van der Waals surface area contributed by atoms with Gasteiger partial charge in [0.2, 0.25) is 12.0 Å². The van der Waals surface area contributed by atoms with Crippen molar-refractivity contribution >= 4 is 17.5 Å². The van der Waals surface area contributed by atoms with Gasteiger partial charge in [-0.3, -0.25) is 9.59 Å². The maximum absolute atomic E-state index is 12.9. The number of carbonyl (C=O) groups is 2. The van der Waals surface area contributed by atoms with Crippen molar-refractivity contribution in [2.24, 2.45) is 5.16 Å². The molecule has 1 aliphatic heterocycles. The number of benzene rings is 1. The first kappa shape index (κ1) is 16.9. The van der Waals surface area contributed by atoms with Gasteiger partial charge >= 0.3 is 0 Å². The average molecular weight is 321 g/mol. The fourth-order valence-electron chi connectivity index (χ4n) is 2.10. The lowest BCUT2D eigenvalue weighted by Crippen LogP contribution is -2.48. The van der Waals surface area contributed by atoms with E-state index in [1.165, 1.54) is 12.1 Å². The Morgan fingerprint density at radius 3 is 2.74 bits per heavy atom. The van der Waals surface area contributed by atoms with Crippen molar-refractivity contribution in [3.8, 4) is 0 Å². The summed E-state index contributed by atoms with van der Waals surface area (Å²) in [6.45, 7) is 4.13. The van der Waals surface area contributed by atoms with Crippen molar-refractivity contribution in [2.45, 2.75) is 38.8 Å². The summed E-state index contributed by atoms with van der Waals surface area (Å²) < 4.78 is 12.9. The molecule has 2 rings (SSSR count). The van der Waals surface area contributed by atoms with Gasteiger partial charge in [-0.1, -0.05) is 24.2 Å². The van der Waals surface area contributed by atoms with E-state index in [2.05, 4.69) is 15.8 Å². The van der Waals surface area contributed by atoms with E-state index in [0.717, 1.165) is 6.42 Å². The van der Waals surface area contributed by atoms with E-state index in [-0.39, 0.29) is 18.1 Å². The van der Waals surface area contributed by atoms with Crippen LogP contribution in [-0.4, -0.2) is 36.2 Å². The Morgan fingerprint density at radius 2 is 2.09 bits per heavy atom. The molecule has 1 aromatic carbocycles. The largest absolute Gasteiger partial charge is 0.382 e. The molecule has 2 amide bonds. The topological polar surface area (TPSA) is 79.8 Å². The van der Waals surface area contributed by atoms with E-state index in [9.17, 15) is 14.0 Å². The molecule has 0 spiro atoms. The lowest BCUT2D eigenvalue weighted by molar-refractivity contribution is -0.135. The molecule has 2 N–H and O–H groups in total. The van der Waals surface area contributed by atoms with Crippen LogP contribution in [0.15, 0.2) is 29.4 Å². The van der Waals surface area contributed by atoms with Crippen molar-refractivity contribution in [1.82, 2.24) is 10.6 Å². The van der Waals surface area contributed by atoms with Crippen LogP contribution in [0.5, 0.6) is 0 Å². The Labute approximate surface area is 134 Å². The fourth-order valence-corrected chi connectivity index (χ4v) is 2.10. The molecule has 0 saturated heterocycles. The van der Waals surface area contributed by atoms with Crippen LogP contribution in [0.4, 0.5) is 4.39 Å². The normalized spacial score (nSPS) is 17.9. The maximum Gasteiger partial charge on any atom is 0.264 e. The predicted molar refractivity (Wildman–Crippen MR) is 83.3 cm³/mol. The number of nitrogens with one attached hydrogen (secondary N) is 2. The Hall–Kier alpha value is -2.44. The van der Waals surface area contributed by atoms with Crippen LogP contribution in [-0.2, 0) is 14.4 Å². The first-order valence-electron chi connectivity index (χ1n) is 7.58. The first-order valence-corrected chi connectivity index (χ1v) is 7.58. The zero-order valence-corrected chi connectivity index (χ0v) is 13.1. The van der Waals surface area contributed by atoms with E-state index in [1.54, 1.807) is 19.1 Å². The average Bonchev–Trinajstić information content (AvgIpc) is 3.03. The van der Waals surface area contributed by atoms with Gasteiger partial charge in [-0.05, 0) is 31.0 Å². The molecular weight excluding hydrogens is 301 g/mol. The van der Waals surface area contributed by atoms with Gasteiger partial charge in [0.1, 0.15) is 11.9 Å². The van der Waals surface area contributed by atoms with Gasteiger partial charge in [0.25, 0.3) is 5.91 Å². The van der Waals surface area contributed by atoms with Gasteiger partial charge in [0.15, 0.2) is 0 Å². The zero-order valence-electron chi connectivity index (χ0n) is 13.1. The standard InChI is InChI=1S/C16H20FN3O3/c1-3-8-18-15(21)10(2)19-16(22)14-9-13(20-23-14)11-4-6-12(17)7-5-11/h4-7,10,14H,3,8-9H2,1-2H3,(H,18,21)(H,19,22). The summed E-state index contributed by atoms with van der Waals surface area (Å²) in [5.74, 6) is -0.975. The van der Waals surface area contributed by atoms with E-state index < -0.39 is 18.1 Å². The van der Waals surface area contributed by atoms with Crippen molar-refractivity contribution < 1.29 is 18.8 Å². The molecule has 1 aliphatic rings. The molecule has 0 aliphatic carbocycles. The highest BCUT2D eigenvalue weighted by molar-refractivity contribution is 6.04. The Balaban J connectivity index is 1.86. The van der Waals surface area contributed by atoms with Gasteiger partial charge in [-0.2, -0.15) is 0 Å². The van der Waals surface area contributed by atoms with Crippen LogP contribution in [0.25, 0.3) is 0 Å². The number of hydrogen-bond donors (Lipinski definition) is 2. The van der Waals surface area contributed by atoms with Crippen molar-refractivity contribution in [3.05, 3.63) is 35.6 Å². The van der Waals surface area contributed by atoms with Crippen LogP contribution in [0, 0.1) is 5.82 Å². The summed E-state index contributed by atoms with van der Waals surface area (Å²) in [7, 11) is 0. The smallest absolute Gasteiger partial charge is 0.264 e. The van der Waals surface area contributed by atoms with Crippen LogP contribution >= 0.6 is 0 Å². The predicted octanol–water partition coefficient (Wildman–Crippen LogP) is 1.35. The summed E-state index contributed by atoms with van der Waals surface area (Å²) in [6, 6.07) is 5.17. The molecule has 1 heterocycles. The van der Waals surface area contributed by atoms with Gasteiger partial charge in [-0.25, -0.2) is 4.39 Å². The minimum absolute atomic E-state index is 0.238. The second kappa shape index (κ2) is 7.71. The highest BCUT2D eigenvalue weighted by Crippen LogP contribution is 2.17. The number of nitrogens with zero attached hydrogens (tertiary/aromatic N) is 1. The molecule has 23 heavy (non-hydrogen) atoms. The third kappa shape index (κ3) is 4.51. The summed E-state index contributed by atoms with van der Waals surface area (Å²) in [6.07, 6.45) is 0.324. The Morgan fingerprint density at radius 1 is 1.39 bits per heavy atom. The minimum Gasteiger partial charge on any atom is -0.382 e. The zero-order chi connectivity index (χ0) is 16.8. The highest BCUT2D eigenvalue weighted by atomic mass is 19.1. The lowest BCUT2D eigenvalue weighted by Gasteiger charge is -2.15. The second-order valence-corrected chi connectivity index (χ2v) is 5.36. The molecule has 2 unspecified atom stereocenters. The number of hydrogen-bond acceptors (Lipinski definition) is 4. The molecule has 124 valence electrons. The highest BCUT2D eigenvalue weighted by Gasteiger charge is 2.30. The molecule has 1 aromatic rings. The van der Waals surface area contributed by atoms with Crippen molar-refractivity contribution in [3.63, 3.8) is 0 Å². The fraction of sp³-hybridized carbons (Fsp3) is 0.438. The molecule has 0 bridgehead atoms. The summed E-state index contributed by atoms with van der Waals surface area (Å²) in [5, 5.41) is 9.18. The number of halogens is 1. The van der Waals surface area contributed by atoms with Crippen LogP contribution in [0.3, 0.4) is 0 Å². The van der Waals surface area contributed by atoms with Crippen LogP contribution in [0.2, 0.25) is 0 Å². The van der Waals surface area contributed by atoms with Gasteiger partial charge < -0.3 is 15.5 Å². The van der Waals surface area contributed by atoms with Crippen LogP contribution in [0.1, 0.15) is 32.3 Å². The maximum atomic E-state index is 12.9. The van der Waals surface area contributed by atoms with Crippen LogP contribution < -0.4 is 10.6 Å².